The van der Waals surface area contributed by atoms with Gasteiger partial charge in [0.05, 0.1) is 34.5 Å². The van der Waals surface area contributed by atoms with Crippen molar-refractivity contribution < 1.29 is 18.7 Å². The summed E-state index contributed by atoms with van der Waals surface area (Å²) in [5.74, 6) is 1.13. The van der Waals surface area contributed by atoms with Crippen molar-refractivity contribution in [3.63, 3.8) is 0 Å². The summed E-state index contributed by atoms with van der Waals surface area (Å²) >= 11 is 10.9. The Balaban J connectivity index is 1.56. The maximum absolute atomic E-state index is 14.1. The lowest BCUT2D eigenvalue weighted by atomic mass is 9.90. The number of methoxy groups -OCH3 is 1. The standard InChI is InChI=1S/C32H24BrClN2O5S/c1-4-40-31(38)27-17(2)35-32-36(29(27)28-21-8-6-5-7-18(21)10-13-25(28)39-3)30(37)26(42-32)16-20-11-14-24(41-20)19-9-12-22(33)23(34)15-19/h5-16,29H,4H2,1-3H3/b26-16-/t29-/m1/s1. The van der Waals surface area contributed by atoms with Gasteiger partial charge in [-0.05, 0) is 70.9 Å². The van der Waals surface area contributed by atoms with Crippen LogP contribution >= 0.6 is 38.9 Å². The minimum Gasteiger partial charge on any atom is -0.496 e. The third kappa shape index (κ3) is 4.91. The van der Waals surface area contributed by atoms with Gasteiger partial charge in [0.15, 0.2) is 4.80 Å². The molecule has 0 unspecified atom stereocenters. The van der Waals surface area contributed by atoms with Gasteiger partial charge in [-0.15, -0.1) is 0 Å². The number of rotatable bonds is 6. The minimum atomic E-state index is -0.819. The van der Waals surface area contributed by atoms with Crippen molar-refractivity contribution in [1.82, 2.24) is 4.57 Å². The Kier molecular flexibility index (Phi) is 7.66. The molecular weight excluding hydrogens is 640 g/mol. The van der Waals surface area contributed by atoms with Gasteiger partial charge in [-0.1, -0.05) is 59.3 Å². The van der Waals surface area contributed by atoms with Crippen LogP contribution in [0.4, 0.5) is 0 Å². The average molecular weight is 664 g/mol. The molecule has 5 aromatic rings. The second-order valence-electron chi connectivity index (χ2n) is 9.54. The first-order valence-electron chi connectivity index (χ1n) is 13.1. The lowest BCUT2D eigenvalue weighted by molar-refractivity contribution is -0.139. The third-order valence-corrected chi connectivity index (χ3v) is 9.26. The fraction of sp³-hybridized carbons (Fsp3) is 0.156. The van der Waals surface area contributed by atoms with Gasteiger partial charge in [0.2, 0.25) is 0 Å². The Morgan fingerprint density at radius 1 is 1.17 bits per heavy atom. The second-order valence-corrected chi connectivity index (χ2v) is 11.8. The summed E-state index contributed by atoms with van der Waals surface area (Å²) < 4.78 is 20.1. The molecule has 0 saturated carbocycles. The van der Waals surface area contributed by atoms with Crippen molar-refractivity contribution in [1.29, 1.82) is 0 Å². The smallest absolute Gasteiger partial charge is 0.338 e. The topological polar surface area (TPSA) is 83.0 Å². The van der Waals surface area contributed by atoms with Crippen LogP contribution in [0.3, 0.4) is 0 Å². The highest BCUT2D eigenvalue weighted by molar-refractivity contribution is 9.10. The largest absolute Gasteiger partial charge is 0.496 e. The Bertz CT molecular complexity index is 2090. The van der Waals surface area contributed by atoms with Crippen molar-refractivity contribution in [3.8, 4) is 17.1 Å². The number of fused-ring (bicyclic) bond motifs is 2. The van der Waals surface area contributed by atoms with Gasteiger partial charge < -0.3 is 13.9 Å². The summed E-state index contributed by atoms with van der Waals surface area (Å²) in [6.45, 7) is 3.69. The molecule has 3 aromatic carbocycles. The summed E-state index contributed by atoms with van der Waals surface area (Å²) in [4.78, 5) is 32.7. The van der Waals surface area contributed by atoms with Crippen LogP contribution < -0.4 is 19.6 Å². The quantitative estimate of drug-likeness (QED) is 0.190. The molecule has 0 amide bonds. The van der Waals surface area contributed by atoms with E-state index in [-0.39, 0.29) is 17.7 Å². The summed E-state index contributed by atoms with van der Waals surface area (Å²) in [5, 5.41) is 2.37. The van der Waals surface area contributed by atoms with Crippen LogP contribution in [0.15, 0.2) is 96.7 Å². The number of carbonyl (C=O) groups excluding carboxylic acids is 1. The monoisotopic (exact) mass is 662 g/mol. The molecule has 1 aliphatic heterocycles. The Morgan fingerprint density at radius 2 is 1.98 bits per heavy atom. The number of aromatic nitrogens is 1. The van der Waals surface area contributed by atoms with Crippen molar-refractivity contribution in [2.45, 2.75) is 19.9 Å². The number of furan rings is 1. The number of hydrogen-bond donors (Lipinski definition) is 0. The van der Waals surface area contributed by atoms with Crippen LogP contribution in [0, 0.1) is 0 Å². The molecule has 0 bridgehead atoms. The summed E-state index contributed by atoms with van der Waals surface area (Å²) in [5.41, 5.74) is 1.96. The first-order valence-corrected chi connectivity index (χ1v) is 15.1. The maximum Gasteiger partial charge on any atom is 0.338 e. The zero-order chi connectivity index (χ0) is 29.5. The molecule has 2 aromatic heterocycles. The molecule has 212 valence electrons. The van der Waals surface area contributed by atoms with Gasteiger partial charge in [-0.2, -0.15) is 0 Å². The van der Waals surface area contributed by atoms with E-state index in [0.29, 0.717) is 42.9 Å². The number of esters is 1. The third-order valence-electron chi connectivity index (χ3n) is 7.05. The molecule has 0 saturated heterocycles. The molecule has 7 nitrogen and oxygen atoms in total. The first-order chi connectivity index (χ1) is 20.3. The van der Waals surface area contributed by atoms with Crippen molar-refractivity contribution in [3.05, 3.63) is 119 Å². The van der Waals surface area contributed by atoms with Crippen LogP contribution in [0.1, 0.15) is 31.2 Å². The number of carbonyl (C=O) groups is 1. The number of hydrogen-bond acceptors (Lipinski definition) is 7. The van der Waals surface area contributed by atoms with Crippen LogP contribution in [0.5, 0.6) is 5.75 Å². The van der Waals surface area contributed by atoms with Gasteiger partial charge in [0.1, 0.15) is 23.3 Å². The van der Waals surface area contributed by atoms with E-state index in [2.05, 4.69) is 20.9 Å². The number of thiazole rings is 1. The van der Waals surface area contributed by atoms with Crippen LogP contribution in [0.2, 0.25) is 5.02 Å². The Morgan fingerprint density at radius 3 is 2.74 bits per heavy atom. The predicted molar refractivity (Wildman–Crippen MR) is 168 cm³/mol. The molecular formula is C32H24BrClN2O5S. The molecule has 0 radical (unpaired) electrons. The minimum absolute atomic E-state index is 0.184. The molecule has 1 atom stereocenters. The van der Waals surface area contributed by atoms with E-state index in [4.69, 9.17) is 25.5 Å². The number of nitrogens with zero attached hydrogens (tertiary/aromatic N) is 2. The molecule has 10 heteroatoms. The molecule has 3 heterocycles. The highest BCUT2D eigenvalue weighted by Crippen LogP contribution is 2.40. The highest BCUT2D eigenvalue weighted by Gasteiger charge is 2.36. The Labute approximate surface area is 258 Å². The van der Waals surface area contributed by atoms with E-state index in [0.717, 1.165) is 20.8 Å². The molecule has 1 aliphatic rings. The van der Waals surface area contributed by atoms with E-state index in [1.807, 2.05) is 54.6 Å². The lowest BCUT2D eigenvalue weighted by Crippen LogP contribution is -2.40. The van der Waals surface area contributed by atoms with Gasteiger partial charge in [0, 0.05) is 21.7 Å². The Hall–Kier alpha value is -3.92. The van der Waals surface area contributed by atoms with E-state index in [1.165, 1.54) is 11.3 Å². The normalized spacial score (nSPS) is 15.1. The van der Waals surface area contributed by atoms with Gasteiger partial charge in [0.25, 0.3) is 5.56 Å². The predicted octanol–water partition coefficient (Wildman–Crippen LogP) is 6.64. The SMILES string of the molecule is CCOC(=O)C1=C(C)N=c2s/c(=C\c3ccc(-c4ccc(Br)c(Cl)c4)o3)c(=O)n2[C@H]1c1c(OC)ccc2ccccc12. The van der Waals surface area contributed by atoms with Gasteiger partial charge in [-0.25, -0.2) is 9.79 Å². The van der Waals surface area contributed by atoms with Gasteiger partial charge in [-0.3, -0.25) is 9.36 Å². The van der Waals surface area contributed by atoms with Crippen molar-refractivity contribution in [2.24, 2.45) is 4.99 Å². The zero-order valence-electron chi connectivity index (χ0n) is 22.8. The molecule has 42 heavy (non-hydrogen) atoms. The molecule has 0 spiro atoms. The molecule has 6 rings (SSSR count). The van der Waals surface area contributed by atoms with Crippen LogP contribution in [-0.2, 0) is 9.53 Å². The lowest BCUT2D eigenvalue weighted by Gasteiger charge is -2.27. The summed E-state index contributed by atoms with van der Waals surface area (Å²) in [6, 6.07) is 20.0. The molecule has 0 fully saturated rings. The van der Waals surface area contributed by atoms with E-state index in [9.17, 15) is 9.59 Å². The van der Waals surface area contributed by atoms with Crippen LogP contribution in [0.25, 0.3) is 28.2 Å². The van der Waals surface area contributed by atoms with E-state index >= 15 is 0 Å². The van der Waals surface area contributed by atoms with E-state index in [1.54, 1.807) is 43.7 Å². The number of ether oxygens (including phenoxy) is 2. The molecule has 0 N–H and O–H groups in total. The fourth-order valence-electron chi connectivity index (χ4n) is 5.16. The van der Waals surface area contributed by atoms with Crippen LogP contribution in [-0.4, -0.2) is 24.3 Å². The average Bonchev–Trinajstić information content (AvgIpc) is 3.57. The number of halogens is 2. The van der Waals surface area contributed by atoms with Gasteiger partial charge >= 0.3 is 5.97 Å². The fourth-order valence-corrected chi connectivity index (χ4v) is 6.62. The number of allylic oxidation sites excluding steroid dienone is 1. The zero-order valence-corrected chi connectivity index (χ0v) is 26.0. The number of benzene rings is 3. The first kappa shape index (κ1) is 28.2. The molecule has 0 aliphatic carbocycles. The van der Waals surface area contributed by atoms with Crippen molar-refractivity contribution >= 4 is 61.7 Å². The maximum atomic E-state index is 14.1. The highest BCUT2D eigenvalue weighted by atomic mass is 79.9. The van der Waals surface area contributed by atoms with E-state index < -0.39 is 12.0 Å². The summed E-state index contributed by atoms with van der Waals surface area (Å²) in [7, 11) is 1.57. The second kappa shape index (κ2) is 11.4. The van der Waals surface area contributed by atoms with Crippen molar-refractivity contribution in [2.75, 3.05) is 13.7 Å². The summed E-state index contributed by atoms with van der Waals surface area (Å²) in [6.07, 6.45) is 1.69.